The average Bonchev–Trinajstić information content (AvgIpc) is 2.46. The topological polar surface area (TPSA) is 27.7 Å². The van der Waals surface area contributed by atoms with Gasteiger partial charge in [-0.15, -0.1) is 0 Å². The SMILES string of the molecule is [B][C@H]1C[C@@H]2O[C@H](c3ccccc3)OC[C@H]2OC1C(F)F. The molecule has 0 amide bonds. The van der Waals surface area contributed by atoms with Crippen LogP contribution in [0.25, 0.3) is 0 Å². The molecule has 2 saturated heterocycles. The molecule has 1 aromatic carbocycles. The zero-order valence-corrected chi connectivity index (χ0v) is 10.8. The second kappa shape index (κ2) is 5.80. The highest BCUT2D eigenvalue weighted by Crippen LogP contribution is 2.38. The van der Waals surface area contributed by atoms with Gasteiger partial charge in [0, 0.05) is 5.56 Å². The number of alkyl halides is 2. The zero-order chi connectivity index (χ0) is 14.1. The molecular weight excluding hydrogens is 265 g/mol. The maximum Gasteiger partial charge on any atom is 0.263 e. The normalized spacial score (nSPS) is 37.6. The molecule has 3 nitrogen and oxygen atoms in total. The van der Waals surface area contributed by atoms with Gasteiger partial charge in [-0.3, -0.25) is 0 Å². The average molecular weight is 280 g/mol. The number of hydrogen-bond acceptors (Lipinski definition) is 3. The van der Waals surface area contributed by atoms with Crippen molar-refractivity contribution < 1.29 is 23.0 Å². The van der Waals surface area contributed by atoms with Crippen LogP contribution >= 0.6 is 0 Å². The standard InChI is InChI=1S/C14H15BF2O3/c15-9-6-10-11(19-12(9)13(16)17)7-18-14(20-10)8-4-2-1-3-5-8/h1-5,9-14H,6-7H2/t9-,10-,11+,12?,14+/m0/s1. The van der Waals surface area contributed by atoms with Gasteiger partial charge in [-0.2, -0.15) is 0 Å². The third-order valence-corrected chi connectivity index (χ3v) is 3.70. The molecule has 5 atom stereocenters. The molecule has 0 aliphatic carbocycles. The smallest absolute Gasteiger partial charge is 0.263 e. The van der Waals surface area contributed by atoms with Crippen molar-refractivity contribution in [1.82, 2.24) is 0 Å². The first-order valence-electron chi connectivity index (χ1n) is 6.66. The van der Waals surface area contributed by atoms with Gasteiger partial charge in [-0.05, 0) is 12.2 Å². The molecule has 6 heteroatoms. The molecule has 2 heterocycles. The molecule has 1 unspecified atom stereocenters. The lowest BCUT2D eigenvalue weighted by Gasteiger charge is -2.44. The Balaban J connectivity index is 1.68. The lowest BCUT2D eigenvalue weighted by molar-refractivity contribution is -0.295. The van der Waals surface area contributed by atoms with Crippen LogP contribution in [-0.2, 0) is 14.2 Å². The van der Waals surface area contributed by atoms with Crippen molar-refractivity contribution in [2.45, 2.75) is 43.3 Å². The van der Waals surface area contributed by atoms with Gasteiger partial charge in [-0.1, -0.05) is 30.3 Å². The lowest BCUT2D eigenvalue weighted by Crippen LogP contribution is -2.51. The Morgan fingerprint density at radius 3 is 2.55 bits per heavy atom. The minimum absolute atomic E-state index is 0.236. The molecule has 0 aromatic heterocycles. The van der Waals surface area contributed by atoms with Crippen LogP contribution in [0.1, 0.15) is 18.3 Å². The molecule has 2 aliphatic rings. The highest BCUT2D eigenvalue weighted by molar-refractivity contribution is 6.12. The van der Waals surface area contributed by atoms with Gasteiger partial charge in [0.05, 0.1) is 20.6 Å². The van der Waals surface area contributed by atoms with E-state index in [1.807, 2.05) is 30.3 Å². The molecule has 20 heavy (non-hydrogen) atoms. The van der Waals surface area contributed by atoms with Gasteiger partial charge in [0.2, 0.25) is 0 Å². The third-order valence-electron chi connectivity index (χ3n) is 3.70. The summed E-state index contributed by atoms with van der Waals surface area (Å²) in [5.41, 5.74) is 0.899. The van der Waals surface area contributed by atoms with Gasteiger partial charge < -0.3 is 14.2 Å². The number of rotatable bonds is 2. The van der Waals surface area contributed by atoms with Gasteiger partial charge in [0.25, 0.3) is 6.43 Å². The van der Waals surface area contributed by atoms with E-state index in [1.165, 1.54) is 0 Å². The highest BCUT2D eigenvalue weighted by Gasteiger charge is 2.44. The number of halogens is 2. The van der Waals surface area contributed by atoms with Gasteiger partial charge in [0.1, 0.15) is 12.2 Å². The number of hydrogen-bond donors (Lipinski definition) is 0. The summed E-state index contributed by atoms with van der Waals surface area (Å²) in [6.07, 6.45) is -4.74. The fraction of sp³-hybridized carbons (Fsp3) is 0.571. The highest BCUT2D eigenvalue weighted by atomic mass is 19.3. The maximum atomic E-state index is 12.8. The molecule has 106 valence electrons. The van der Waals surface area contributed by atoms with Crippen LogP contribution < -0.4 is 0 Å². The van der Waals surface area contributed by atoms with E-state index in [1.54, 1.807) is 0 Å². The van der Waals surface area contributed by atoms with Gasteiger partial charge >= 0.3 is 0 Å². The summed E-state index contributed by atoms with van der Waals surface area (Å²) in [6.45, 7) is 0.236. The Labute approximate surface area is 117 Å². The van der Waals surface area contributed by atoms with Crippen LogP contribution in [0.4, 0.5) is 8.78 Å². The Bertz CT molecular complexity index is 445. The molecule has 3 rings (SSSR count). The molecule has 2 fully saturated rings. The summed E-state index contributed by atoms with van der Waals surface area (Å²) >= 11 is 0. The van der Waals surface area contributed by atoms with E-state index in [-0.39, 0.29) is 12.7 Å². The monoisotopic (exact) mass is 280 g/mol. The van der Waals surface area contributed by atoms with E-state index in [0.29, 0.717) is 6.42 Å². The van der Waals surface area contributed by atoms with Crippen LogP contribution in [0.2, 0.25) is 5.82 Å². The fourth-order valence-electron chi connectivity index (χ4n) is 2.65. The summed E-state index contributed by atoms with van der Waals surface area (Å²) in [7, 11) is 5.75. The Kier molecular flexibility index (Phi) is 4.05. The largest absolute Gasteiger partial charge is 0.364 e. The number of fused-ring (bicyclic) bond motifs is 1. The van der Waals surface area contributed by atoms with Crippen molar-refractivity contribution in [2.24, 2.45) is 0 Å². The van der Waals surface area contributed by atoms with E-state index in [0.717, 1.165) is 5.56 Å². The second-order valence-corrected chi connectivity index (χ2v) is 5.12. The summed E-state index contributed by atoms with van der Waals surface area (Å²) in [6, 6.07) is 9.49. The first-order valence-corrected chi connectivity index (χ1v) is 6.66. The van der Waals surface area contributed by atoms with E-state index in [2.05, 4.69) is 0 Å². The van der Waals surface area contributed by atoms with Crippen LogP contribution in [0.15, 0.2) is 30.3 Å². The van der Waals surface area contributed by atoms with Gasteiger partial charge in [-0.25, -0.2) is 8.78 Å². The molecular formula is C14H15BF2O3. The van der Waals surface area contributed by atoms with Crippen molar-refractivity contribution in [1.29, 1.82) is 0 Å². The number of ether oxygens (including phenoxy) is 3. The van der Waals surface area contributed by atoms with E-state index in [9.17, 15) is 8.78 Å². The van der Waals surface area contributed by atoms with Crippen molar-refractivity contribution in [3.8, 4) is 0 Å². The second-order valence-electron chi connectivity index (χ2n) is 5.12. The van der Waals surface area contributed by atoms with Crippen molar-refractivity contribution in [3.63, 3.8) is 0 Å². The molecule has 0 spiro atoms. The van der Waals surface area contributed by atoms with E-state index < -0.39 is 30.7 Å². The van der Waals surface area contributed by atoms with Crippen LogP contribution in [0, 0.1) is 0 Å². The van der Waals surface area contributed by atoms with E-state index in [4.69, 9.17) is 22.1 Å². The maximum absolute atomic E-state index is 12.8. The Morgan fingerprint density at radius 2 is 1.85 bits per heavy atom. The molecule has 2 radical (unpaired) electrons. The minimum atomic E-state index is -2.59. The first-order chi connectivity index (χ1) is 9.65. The molecule has 1 aromatic rings. The van der Waals surface area contributed by atoms with Crippen LogP contribution in [-0.4, -0.2) is 39.2 Å². The summed E-state index contributed by atoms with van der Waals surface area (Å²) in [4.78, 5) is 0. The number of benzene rings is 1. The molecule has 0 bridgehead atoms. The predicted molar refractivity (Wildman–Crippen MR) is 68.8 cm³/mol. The summed E-state index contributed by atoms with van der Waals surface area (Å²) in [5.74, 6) is -0.717. The summed E-state index contributed by atoms with van der Waals surface area (Å²) < 4.78 is 42.3. The van der Waals surface area contributed by atoms with E-state index >= 15 is 0 Å². The van der Waals surface area contributed by atoms with Crippen LogP contribution in [0.3, 0.4) is 0 Å². The summed E-state index contributed by atoms with van der Waals surface area (Å²) in [5, 5.41) is 0. The third kappa shape index (κ3) is 2.73. The minimum Gasteiger partial charge on any atom is -0.364 e. The lowest BCUT2D eigenvalue weighted by atomic mass is 9.75. The van der Waals surface area contributed by atoms with Gasteiger partial charge in [0.15, 0.2) is 6.29 Å². The predicted octanol–water partition coefficient (Wildman–Crippen LogP) is 2.48. The van der Waals surface area contributed by atoms with Crippen molar-refractivity contribution >= 4 is 7.85 Å². The molecule has 2 aliphatic heterocycles. The Hall–Kier alpha value is -0.975. The van der Waals surface area contributed by atoms with Crippen molar-refractivity contribution in [3.05, 3.63) is 35.9 Å². The quantitative estimate of drug-likeness (QED) is 0.779. The zero-order valence-electron chi connectivity index (χ0n) is 10.8. The van der Waals surface area contributed by atoms with Crippen molar-refractivity contribution in [2.75, 3.05) is 6.61 Å². The Morgan fingerprint density at radius 1 is 1.10 bits per heavy atom. The molecule has 0 N–H and O–H groups in total. The molecule has 0 saturated carbocycles. The first kappa shape index (κ1) is 14.0. The fourth-order valence-corrected chi connectivity index (χ4v) is 2.65. The van der Waals surface area contributed by atoms with Crippen LogP contribution in [0.5, 0.6) is 0 Å².